The first-order valence-electron chi connectivity index (χ1n) is 7.10. The number of hydrogen-bond donors (Lipinski definition) is 3. The molecule has 1 rings (SSSR count). The molecule has 0 spiro atoms. The number of hydrogen-bond acceptors (Lipinski definition) is 3. The number of aliphatic hydroxyl groups is 1. The number of nitrogens with zero attached hydrogens (tertiary/aromatic N) is 1. The quantitative estimate of drug-likeness (QED) is 0.636. The second kappa shape index (κ2) is 9.16. The summed E-state index contributed by atoms with van der Waals surface area (Å²) < 4.78 is 0. The molecule has 0 aliphatic carbocycles. The molecule has 1 saturated heterocycles. The van der Waals surface area contributed by atoms with E-state index in [-0.39, 0.29) is 18.7 Å². The van der Waals surface area contributed by atoms with Gasteiger partial charge in [-0.05, 0) is 45.7 Å². The van der Waals surface area contributed by atoms with Crippen molar-refractivity contribution in [2.24, 2.45) is 0 Å². The molecule has 0 bridgehead atoms. The summed E-state index contributed by atoms with van der Waals surface area (Å²) in [6.45, 7) is 6.12. The number of nitrogens with one attached hydrogen (secondary N) is 2. The molecule has 1 heterocycles. The highest BCUT2D eigenvalue weighted by atomic mass is 16.3. The van der Waals surface area contributed by atoms with Crippen LogP contribution in [0.25, 0.3) is 0 Å². The number of piperidine rings is 1. The van der Waals surface area contributed by atoms with Gasteiger partial charge in [-0.2, -0.15) is 0 Å². The highest BCUT2D eigenvalue weighted by Gasteiger charge is 2.10. The van der Waals surface area contributed by atoms with Crippen molar-refractivity contribution in [2.75, 3.05) is 32.8 Å². The number of aliphatic hydroxyl groups excluding tert-OH is 1. The minimum absolute atomic E-state index is 0.0996. The third kappa shape index (κ3) is 6.81. The standard InChI is InChI=1S/C13H27N3O2/c1-12(6-5-11-17)15-13(18)14-7-10-16-8-3-2-4-9-16/h12,17H,2-11H2,1H3,(H2,14,15,18). The smallest absolute Gasteiger partial charge is 0.315 e. The van der Waals surface area contributed by atoms with Crippen LogP contribution in [0.2, 0.25) is 0 Å². The fraction of sp³-hybridized carbons (Fsp3) is 0.923. The summed E-state index contributed by atoms with van der Waals surface area (Å²) in [4.78, 5) is 14.0. The Morgan fingerprint density at radius 3 is 2.72 bits per heavy atom. The van der Waals surface area contributed by atoms with Crippen molar-refractivity contribution in [1.29, 1.82) is 0 Å². The predicted octanol–water partition coefficient (Wildman–Crippen LogP) is 0.932. The Balaban J connectivity index is 2.01. The molecule has 0 saturated carbocycles. The average molecular weight is 257 g/mol. The fourth-order valence-electron chi connectivity index (χ4n) is 2.26. The van der Waals surface area contributed by atoms with Gasteiger partial charge in [0.1, 0.15) is 0 Å². The normalized spacial score (nSPS) is 18.3. The molecule has 0 aromatic heterocycles. The van der Waals surface area contributed by atoms with Gasteiger partial charge in [0.2, 0.25) is 0 Å². The lowest BCUT2D eigenvalue weighted by Gasteiger charge is -2.26. The van der Waals surface area contributed by atoms with Gasteiger partial charge in [-0.1, -0.05) is 6.42 Å². The van der Waals surface area contributed by atoms with Crippen LogP contribution in [0.4, 0.5) is 4.79 Å². The van der Waals surface area contributed by atoms with Crippen molar-refractivity contribution < 1.29 is 9.90 Å². The van der Waals surface area contributed by atoms with Gasteiger partial charge in [-0.3, -0.25) is 0 Å². The van der Waals surface area contributed by atoms with E-state index in [4.69, 9.17) is 5.11 Å². The fourth-order valence-corrected chi connectivity index (χ4v) is 2.26. The third-order valence-electron chi connectivity index (χ3n) is 3.34. The van der Waals surface area contributed by atoms with Crippen LogP contribution < -0.4 is 10.6 Å². The monoisotopic (exact) mass is 257 g/mol. The zero-order valence-corrected chi connectivity index (χ0v) is 11.5. The number of amides is 2. The lowest BCUT2D eigenvalue weighted by Crippen LogP contribution is -2.44. The van der Waals surface area contributed by atoms with Gasteiger partial charge < -0.3 is 20.6 Å². The Hall–Kier alpha value is -0.810. The van der Waals surface area contributed by atoms with Crippen molar-refractivity contribution in [3.8, 4) is 0 Å². The van der Waals surface area contributed by atoms with Crippen molar-refractivity contribution in [1.82, 2.24) is 15.5 Å². The molecular weight excluding hydrogens is 230 g/mol. The van der Waals surface area contributed by atoms with Crippen LogP contribution in [0.15, 0.2) is 0 Å². The lowest BCUT2D eigenvalue weighted by atomic mass is 10.1. The summed E-state index contributed by atoms with van der Waals surface area (Å²) >= 11 is 0. The SMILES string of the molecule is CC(CCCO)NC(=O)NCCN1CCCCC1. The molecule has 5 nitrogen and oxygen atoms in total. The largest absolute Gasteiger partial charge is 0.396 e. The molecule has 18 heavy (non-hydrogen) atoms. The van der Waals surface area contributed by atoms with Crippen molar-refractivity contribution in [3.05, 3.63) is 0 Å². The molecule has 106 valence electrons. The van der Waals surface area contributed by atoms with Crippen LogP contribution in [-0.2, 0) is 0 Å². The van der Waals surface area contributed by atoms with Gasteiger partial charge in [0.15, 0.2) is 0 Å². The summed E-state index contributed by atoms with van der Waals surface area (Å²) in [7, 11) is 0. The predicted molar refractivity (Wildman–Crippen MR) is 72.6 cm³/mol. The van der Waals surface area contributed by atoms with Crippen molar-refractivity contribution in [3.63, 3.8) is 0 Å². The van der Waals surface area contributed by atoms with Crippen LogP contribution in [-0.4, -0.2) is 54.9 Å². The highest BCUT2D eigenvalue weighted by molar-refractivity contribution is 5.74. The maximum Gasteiger partial charge on any atom is 0.315 e. The van der Waals surface area contributed by atoms with Crippen molar-refractivity contribution >= 4 is 6.03 Å². The first-order valence-corrected chi connectivity index (χ1v) is 7.10. The van der Waals surface area contributed by atoms with Crippen LogP contribution in [0.1, 0.15) is 39.0 Å². The number of urea groups is 1. The molecule has 1 fully saturated rings. The van der Waals surface area contributed by atoms with Gasteiger partial charge in [-0.15, -0.1) is 0 Å². The van der Waals surface area contributed by atoms with Gasteiger partial charge >= 0.3 is 6.03 Å². The molecular formula is C13H27N3O2. The summed E-state index contributed by atoms with van der Waals surface area (Å²) in [5.74, 6) is 0. The summed E-state index contributed by atoms with van der Waals surface area (Å²) in [6, 6.07) is 0.0181. The Bertz CT molecular complexity index is 230. The van der Waals surface area contributed by atoms with E-state index in [1.165, 1.54) is 19.3 Å². The molecule has 1 atom stereocenters. The Morgan fingerprint density at radius 1 is 1.33 bits per heavy atom. The molecule has 3 N–H and O–H groups in total. The first-order chi connectivity index (χ1) is 8.72. The van der Waals surface area contributed by atoms with E-state index >= 15 is 0 Å². The van der Waals surface area contributed by atoms with Crippen LogP contribution in [0.3, 0.4) is 0 Å². The van der Waals surface area contributed by atoms with Crippen LogP contribution >= 0.6 is 0 Å². The van der Waals surface area contributed by atoms with E-state index in [1.54, 1.807) is 0 Å². The first kappa shape index (κ1) is 15.2. The second-order valence-corrected chi connectivity index (χ2v) is 5.07. The highest BCUT2D eigenvalue weighted by Crippen LogP contribution is 2.07. The van der Waals surface area contributed by atoms with Crippen molar-refractivity contribution in [2.45, 2.75) is 45.1 Å². The molecule has 2 amide bonds. The van der Waals surface area contributed by atoms with E-state index < -0.39 is 0 Å². The lowest BCUT2D eigenvalue weighted by molar-refractivity contribution is 0.218. The zero-order valence-electron chi connectivity index (χ0n) is 11.5. The Kier molecular flexibility index (Phi) is 7.76. The van der Waals surface area contributed by atoms with Crippen LogP contribution in [0, 0.1) is 0 Å². The number of carbonyl (C=O) groups is 1. The summed E-state index contributed by atoms with van der Waals surface area (Å²) in [5.41, 5.74) is 0. The summed E-state index contributed by atoms with van der Waals surface area (Å²) in [5, 5.41) is 14.5. The second-order valence-electron chi connectivity index (χ2n) is 5.07. The molecule has 1 aliphatic rings. The van der Waals surface area contributed by atoms with E-state index in [9.17, 15) is 4.79 Å². The van der Waals surface area contributed by atoms with E-state index in [2.05, 4.69) is 15.5 Å². The maximum absolute atomic E-state index is 11.6. The van der Waals surface area contributed by atoms with Crippen LogP contribution in [0.5, 0.6) is 0 Å². The summed E-state index contributed by atoms with van der Waals surface area (Å²) in [6.07, 6.45) is 5.45. The maximum atomic E-state index is 11.6. The molecule has 0 aromatic carbocycles. The molecule has 5 heteroatoms. The average Bonchev–Trinajstić information content (AvgIpc) is 2.37. The Labute approximate surface area is 110 Å². The minimum Gasteiger partial charge on any atom is -0.396 e. The van der Waals surface area contributed by atoms with E-state index in [0.717, 1.165) is 32.5 Å². The molecule has 1 aliphatic heterocycles. The number of likely N-dealkylation sites (tertiary alicyclic amines) is 1. The third-order valence-corrected chi connectivity index (χ3v) is 3.34. The topological polar surface area (TPSA) is 64.6 Å². The van der Waals surface area contributed by atoms with Gasteiger partial charge in [-0.25, -0.2) is 4.79 Å². The van der Waals surface area contributed by atoms with Gasteiger partial charge in [0.25, 0.3) is 0 Å². The number of carbonyl (C=O) groups excluding carboxylic acids is 1. The van der Waals surface area contributed by atoms with E-state index in [1.807, 2.05) is 6.92 Å². The molecule has 1 unspecified atom stereocenters. The van der Waals surface area contributed by atoms with E-state index in [0.29, 0.717) is 6.54 Å². The minimum atomic E-state index is -0.0996. The molecule has 0 radical (unpaired) electrons. The van der Waals surface area contributed by atoms with Gasteiger partial charge in [0, 0.05) is 25.7 Å². The number of rotatable bonds is 7. The molecule has 0 aromatic rings. The zero-order chi connectivity index (χ0) is 13.2. The van der Waals surface area contributed by atoms with Gasteiger partial charge in [0.05, 0.1) is 0 Å². The Morgan fingerprint density at radius 2 is 2.06 bits per heavy atom.